The van der Waals surface area contributed by atoms with Gasteiger partial charge in [-0.15, -0.1) is 0 Å². The normalized spacial score (nSPS) is 16.8. The van der Waals surface area contributed by atoms with Gasteiger partial charge in [0.1, 0.15) is 0 Å². The quantitative estimate of drug-likeness (QED) is 0.575. The monoisotopic (exact) mass is 200 g/mol. The lowest BCUT2D eigenvalue weighted by Gasteiger charge is -2.18. The summed E-state index contributed by atoms with van der Waals surface area (Å²) in [6.45, 7) is 12.1. The molecule has 80 valence electrons. The predicted octanol–water partition coefficient (Wildman–Crippen LogP) is 4.73. The van der Waals surface area contributed by atoms with Crippen molar-refractivity contribution in [2.75, 3.05) is 0 Å². The molecule has 0 aromatic carbocycles. The summed E-state index contributed by atoms with van der Waals surface area (Å²) in [7, 11) is 0. The Kier molecular flexibility index (Phi) is 4.36. The highest BCUT2D eigenvalue weighted by Gasteiger charge is 2.12. The molecule has 0 amide bonds. The number of hydrogen-bond acceptors (Lipinski definition) is 0. The van der Waals surface area contributed by atoms with Gasteiger partial charge in [-0.05, 0) is 48.5 Å². The third kappa shape index (κ3) is 2.59. The Morgan fingerprint density at radius 3 is 2.40 bits per heavy atom. The van der Waals surface area contributed by atoms with E-state index in [1.165, 1.54) is 16.7 Å². The van der Waals surface area contributed by atoms with Crippen LogP contribution in [0.2, 0.25) is 0 Å². The molecule has 0 aliphatic heterocycles. The van der Waals surface area contributed by atoms with Gasteiger partial charge in [0.2, 0.25) is 0 Å². The molecular formula is C15H20. The number of rotatable bonds is 4. The summed E-state index contributed by atoms with van der Waals surface area (Å²) in [6, 6.07) is 0. The van der Waals surface area contributed by atoms with Crippen LogP contribution in [-0.4, -0.2) is 0 Å². The maximum Gasteiger partial charge on any atom is -0.0158 e. The van der Waals surface area contributed by atoms with Gasteiger partial charge in [0.05, 0.1) is 0 Å². The lowest BCUT2D eigenvalue weighted by Crippen LogP contribution is -1.99. The molecule has 1 aliphatic rings. The minimum atomic E-state index is 1.04. The summed E-state index contributed by atoms with van der Waals surface area (Å²) in [6.07, 6.45) is 12.0. The summed E-state index contributed by atoms with van der Waals surface area (Å²) < 4.78 is 0. The molecular weight excluding hydrogens is 180 g/mol. The molecule has 0 saturated heterocycles. The van der Waals surface area contributed by atoms with Crippen LogP contribution in [0.3, 0.4) is 0 Å². The molecule has 0 atom stereocenters. The van der Waals surface area contributed by atoms with E-state index < -0.39 is 0 Å². The summed E-state index contributed by atoms with van der Waals surface area (Å²) in [5.74, 6) is 0. The molecule has 1 aliphatic carbocycles. The van der Waals surface area contributed by atoms with Crippen LogP contribution in [0.15, 0.2) is 59.8 Å². The van der Waals surface area contributed by atoms with Gasteiger partial charge in [-0.3, -0.25) is 0 Å². The second kappa shape index (κ2) is 5.55. The van der Waals surface area contributed by atoms with Crippen LogP contribution in [0.1, 0.15) is 33.1 Å². The van der Waals surface area contributed by atoms with E-state index in [0.29, 0.717) is 0 Å². The van der Waals surface area contributed by atoms with Crippen molar-refractivity contribution in [1.29, 1.82) is 0 Å². The SMILES string of the molecule is C=CC(=C)C1=CCCC=C1/C(=C/C)CC. The highest BCUT2D eigenvalue weighted by Crippen LogP contribution is 2.31. The third-order valence-electron chi connectivity index (χ3n) is 2.82. The average molecular weight is 200 g/mol. The highest BCUT2D eigenvalue weighted by atomic mass is 14.2. The fourth-order valence-electron chi connectivity index (χ4n) is 1.94. The molecule has 0 bridgehead atoms. The lowest BCUT2D eigenvalue weighted by atomic mass is 9.86. The Hall–Kier alpha value is -1.30. The van der Waals surface area contributed by atoms with Crippen molar-refractivity contribution < 1.29 is 0 Å². The van der Waals surface area contributed by atoms with Gasteiger partial charge in [0, 0.05) is 0 Å². The molecule has 0 aromatic heterocycles. The van der Waals surface area contributed by atoms with Gasteiger partial charge in [0.25, 0.3) is 0 Å². The maximum atomic E-state index is 4.04. The van der Waals surface area contributed by atoms with Gasteiger partial charge >= 0.3 is 0 Å². The Morgan fingerprint density at radius 2 is 1.93 bits per heavy atom. The van der Waals surface area contributed by atoms with Crippen molar-refractivity contribution in [1.82, 2.24) is 0 Å². The van der Waals surface area contributed by atoms with Crippen molar-refractivity contribution in [2.24, 2.45) is 0 Å². The van der Waals surface area contributed by atoms with Crippen LogP contribution in [-0.2, 0) is 0 Å². The van der Waals surface area contributed by atoms with E-state index in [1.54, 1.807) is 0 Å². The summed E-state index contributed by atoms with van der Waals surface area (Å²) in [5, 5.41) is 0. The molecule has 0 aromatic rings. The Balaban J connectivity index is 3.05. The van der Waals surface area contributed by atoms with Gasteiger partial charge in [-0.2, -0.15) is 0 Å². The standard InChI is InChI=1S/C15H20/c1-5-12(4)14-10-8-9-11-15(14)13(6-2)7-3/h5-6,10-11H,1,4,7-9H2,2-3H3/b13-6+. The van der Waals surface area contributed by atoms with Crippen LogP contribution in [0.4, 0.5) is 0 Å². The first-order chi connectivity index (χ1) is 7.24. The first-order valence-corrected chi connectivity index (χ1v) is 5.62. The fourth-order valence-corrected chi connectivity index (χ4v) is 1.94. The molecule has 1 rings (SSSR count). The van der Waals surface area contributed by atoms with Gasteiger partial charge < -0.3 is 0 Å². The van der Waals surface area contributed by atoms with E-state index in [2.05, 4.69) is 45.2 Å². The average Bonchev–Trinajstić information content (AvgIpc) is 2.30. The summed E-state index contributed by atoms with van der Waals surface area (Å²) in [5.41, 5.74) is 5.07. The van der Waals surface area contributed by atoms with E-state index in [9.17, 15) is 0 Å². The first-order valence-electron chi connectivity index (χ1n) is 5.62. The van der Waals surface area contributed by atoms with E-state index in [1.807, 2.05) is 6.08 Å². The maximum absolute atomic E-state index is 4.04. The second-order valence-electron chi connectivity index (χ2n) is 3.71. The van der Waals surface area contributed by atoms with Crippen LogP contribution in [0.5, 0.6) is 0 Å². The Bertz CT molecular complexity index is 348. The fraction of sp³-hybridized carbons (Fsp3) is 0.333. The molecule has 0 spiro atoms. The van der Waals surface area contributed by atoms with E-state index in [0.717, 1.165) is 24.8 Å². The van der Waals surface area contributed by atoms with Crippen molar-refractivity contribution in [3.63, 3.8) is 0 Å². The molecule has 15 heavy (non-hydrogen) atoms. The van der Waals surface area contributed by atoms with Gasteiger partial charge in [-0.1, -0.05) is 44.4 Å². The zero-order chi connectivity index (χ0) is 11.3. The Labute approximate surface area is 93.4 Å². The Morgan fingerprint density at radius 1 is 1.33 bits per heavy atom. The van der Waals surface area contributed by atoms with Crippen LogP contribution in [0, 0.1) is 0 Å². The van der Waals surface area contributed by atoms with Gasteiger partial charge in [-0.25, -0.2) is 0 Å². The van der Waals surface area contributed by atoms with E-state index in [-0.39, 0.29) is 0 Å². The molecule has 0 fully saturated rings. The molecule has 0 nitrogen and oxygen atoms in total. The molecule has 0 unspecified atom stereocenters. The molecule has 0 N–H and O–H groups in total. The van der Waals surface area contributed by atoms with Crippen molar-refractivity contribution in [2.45, 2.75) is 33.1 Å². The van der Waals surface area contributed by atoms with E-state index >= 15 is 0 Å². The molecule has 0 saturated carbocycles. The van der Waals surface area contributed by atoms with Crippen LogP contribution in [0.25, 0.3) is 0 Å². The minimum absolute atomic E-state index is 1.04. The molecule has 0 heteroatoms. The predicted molar refractivity (Wildman–Crippen MR) is 68.8 cm³/mol. The highest BCUT2D eigenvalue weighted by molar-refractivity contribution is 5.58. The lowest BCUT2D eigenvalue weighted by molar-refractivity contribution is 0.981. The van der Waals surface area contributed by atoms with Crippen LogP contribution >= 0.6 is 0 Å². The third-order valence-corrected chi connectivity index (χ3v) is 2.82. The smallest absolute Gasteiger partial charge is 0.0158 e. The van der Waals surface area contributed by atoms with Crippen molar-refractivity contribution in [3.05, 3.63) is 59.8 Å². The minimum Gasteiger partial charge on any atom is -0.0985 e. The molecule has 0 heterocycles. The zero-order valence-electron chi connectivity index (χ0n) is 9.84. The summed E-state index contributed by atoms with van der Waals surface area (Å²) in [4.78, 5) is 0. The second-order valence-corrected chi connectivity index (χ2v) is 3.71. The van der Waals surface area contributed by atoms with Crippen molar-refractivity contribution in [3.8, 4) is 0 Å². The molecule has 0 radical (unpaired) electrons. The first kappa shape index (κ1) is 11.8. The van der Waals surface area contributed by atoms with Crippen molar-refractivity contribution >= 4 is 0 Å². The largest absolute Gasteiger partial charge is 0.0985 e. The zero-order valence-corrected chi connectivity index (χ0v) is 9.84. The topological polar surface area (TPSA) is 0 Å². The number of hydrogen-bond donors (Lipinski definition) is 0. The number of allylic oxidation sites excluding steroid dienone is 8. The van der Waals surface area contributed by atoms with E-state index in [4.69, 9.17) is 0 Å². The van der Waals surface area contributed by atoms with Crippen LogP contribution < -0.4 is 0 Å². The van der Waals surface area contributed by atoms with Gasteiger partial charge in [0.15, 0.2) is 0 Å². The summed E-state index contributed by atoms with van der Waals surface area (Å²) >= 11 is 0.